The van der Waals surface area contributed by atoms with Crippen molar-refractivity contribution in [1.29, 1.82) is 0 Å². The third-order valence-electron chi connectivity index (χ3n) is 2.80. The van der Waals surface area contributed by atoms with E-state index in [1.807, 2.05) is 13.0 Å². The minimum Gasteiger partial charge on any atom is -0.489 e. The average Bonchev–Trinajstić information content (AvgIpc) is 2.91. The predicted octanol–water partition coefficient (Wildman–Crippen LogP) is 2.50. The minimum atomic E-state index is -0.280. The molecule has 0 bridgehead atoms. The second-order valence-electron chi connectivity index (χ2n) is 4.32. The number of ether oxygens (including phenoxy) is 1. The maximum absolute atomic E-state index is 13.1. The highest BCUT2D eigenvalue weighted by atomic mass is 19.1. The fourth-order valence-corrected chi connectivity index (χ4v) is 1.75. The first-order valence-electron chi connectivity index (χ1n) is 6.39. The Morgan fingerprint density at radius 1 is 1.42 bits per heavy atom. The van der Waals surface area contributed by atoms with Gasteiger partial charge in [0.05, 0.1) is 0 Å². The summed E-state index contributed by atoms with van der Waals surface area (Å²) in [6.45, 7) is 3.46. The molecule has 5 heteroatoms. The number of hydrogen-bond donors (Lipinski definition) is 2. The van der Waals surface area contributed by atoms with Crippen molar-refractivity contribution in [2.45, 2.75) is 26.0 Å². The van der Waals surface area contributed by atoms with E-state index in [1.165, 1.54) is 12.1 Å². The zero-order chi connectivity index (χ0) is 13.5. The number of nitrogens with one attached hydrogen (secondary N) is 2. The van der Waals surface area contributed by atoms with Crippen molar-refractivity contribution < 1.29 is 9.13 Å². The Balaban J connectivity index is 1.80. The first-order chi connectivity index (χ1) is 9.28. The van der Waals surface area contributed by atoms with Crippen LogP contribution in [0.25, 0.3) is 0 Å². The Hall–Kier alpha value is -1.88. The second kappa shape index (κ2) is 6.89. The number of aromatic nitrogens is 2. The number of hydrogen-bond acceptors (Lipinski definition) is 3. The molecule has 0 spiro atoms. The molecule has 1 aromatic heterocycles. The highest BCUT2D eigenvalue weighted by molar-refractivity contribution is 5.22. The minimum absolute atomic E-state index is 0.0183. The molecule has 0 radical (unpaired) electrons. The van der Waals surface area contributed by atoms with Gasteiger partial charge < -0.3 is 10.1 Å². The molecule has 0 saturated carbocycles. The van der Waals surface area contributed by atoms with Crippen molar-refractivity contribution in [2.75, 3.05) is 6.54 Å². The summed E-state index contributed by atoms with van der Waals surface area (Å²) in [4.78, 5) is 0. The Kier molecular flexibility index (Phi) is 4.92. The predicted molar refractivity (Wildman–Crippen MR) is 71.4 cm³/mol. The lowest BCUT2D eigenvalue weighted by Crippen LogP contribution is -2.30. The summed E-state index contributed by atoms with van der Waals surface area (Å²) in [5.41, 5.74) is 1.03. The van der Waals surface area contributed by atoms with Crippen LogP contribution in [0.15, 0.2) is 36.5 Å². The SMILES string of the molecule is CC[C@@H](CNCc1ccn[nH]1)Oc1cccc(F)c1. The topological polar surface area (TPSA) is 49.9 Å². The van der Waals surface area contributed by atoms with Crippen molar-refractivity contribution in [1.82, 2.24) is 15.5 Å². The fraction of sp³-hybridized carbons (Fsp3) is 0.357. The van der Waals surface area contributed by atoms with Gasteiger partial charge in [-0.15, -0.1) is 0 Å². The van der Waals surface area contributed by atoms with Crippen LogP contribution in [0.4, 0.5) is 4.39 Å². The molecule has 0 aliphatic heterocycles. The maximum atomic E-state index is 13.1. The van der Waals surface area contributed by atoms with E-state index in [4.69, 9.17) is 4.74 Å². The summed E-state index contributed by atoms with van der Waals surface area (Å²) in [7, 11) is 0. The van der Waals surface area contributed by atoms with Crippen LogP contribution in [0.1, 0.15) is 19.0 Å². The molecule has 2 N–H and O–H groups in total. The summed E-state index contributed by atoms with van der Waals surface area (Å²) < 4.78 is 18.8. The smallest absolute Gasteiger partial charge is 0.126 e. The van der Waals surface area contributed by atoms with Gasteiger partial charge in [0.2, 0.25) is 0 Å². The van der Waals surface area contributed by atoms with E-state index in [-0.39, 0.29) is 11.9 Å². The van der Waals surface area contributed by atoms with Crippen molar-refractivity contribution >= 4 is 0 Å². The number of aromatic amines is 1. The van der Waals surface area contributed by atoms with E-state index in [0.717, 1.165) is 12.1 Å². The van der Waals surface area contributed by atoms with Crippen LogP contribution in [0, 0.1) is 5.82 Å². The molecule has 2 aromatic rings. The summed E-state index contributed by atoms with van der Waals surface area (Å²) in [6.07, 6.45) is 2.59. The number of H-pyrrole nitrogens is 1. The van der Waals surface area contributed by atoms with Gasteiger partial charge in [0.25, 0.3) is 0 Å². The van der Waals surface area contributed by atoms with Crippen LogP contribution in [0.5, 0.6) is 5.75 Å². The van der Waals surface area contributed by atoms with Gasteiger partial charge in [0.15, 0.2) is 0 Å². The third kappa shape index (κ3) is 4.37. The monoisotopic (exact) mass is 263 g/mol. The molecule has 0 unspecified atom stereocenters. The number of halogens is 1. The van der Waals surface area contributed by atoms with Gasteiger partial charge >= 0.3 is 0 Å². The van der Waals surface area contributed by atoms with E-state index >= 15 is 0 Å². The van der Waals surface area contributed by atoms with Gasteiger partial charge in [-0.3, -0.25) is 5.10 Å². The number of rotatable bonds is 7. The molecule has 0 aliphatic rings. The molecule has 19 heavy (non-hydrogen) atoms. The normalized spacial score (nSPS) is 12.3. The molecule has 102 valence electrons. The zero-order valence-corrected chi connectivity index (χ0v) is 10.9. The van der Waals surface area contributed by atoms with Gasteiger partial charge in [0.1, 0.15) is 17.7 Å². The van der Waals surface area contributed by atoms with E-state index < -0.39 is 0 Å². The Morgan fingerprint density at radius 3 is 3.00 bits per heavy atom. The van der Waals surface area contributed by atoms with Crippen molar-refractivity contribution in [3.05, 3.63) is 48.0 Å². The van der Waals surface area contributed by atoms with Crippen molar-refractivity contribution in [3.8, 4) is 5.75 Å². The largest absolute Gasteiger partial charge is 0.489 e. The maximum Gasteiger partial charge on any atom is 0.126 e. The van der Waals surface area contributed by atoms with Crippen LogP contribution in [-0.4, -0.2) is 22.8 Å². The number of nitrogens with zero attached hydrogens (tertiary/aromatic N) is 1. The van der Waals surface area contributed by atoms with Crippen LogP contribution in [0.3, 0.4) is 0 Å². The first kappa shape index (κ1) is 13.5. The summed E-state index contributed by atoms with van der Waals surface area (Å²) in [5, 5.41) is 10.0. The Bertz CT molecular complexity index is 487. The van der Waals surface area contributed by atoms with Gasteiger partial charge in [0, 0.05) is 31.0 Å². The number of benzene rings is 1. The van der Waals surface area contributed by atoms with Crippen LogP contribution in [0.2, 0.25) is 0 Å². The van der Waals surface area contributed by atoms with E-state index in [0.29, 0.717) is 18.8 Å². The molecular weight excluding hydrogens is 245 g/mol. The first-order valence-corrected chi connectivity index (χ1v) is 6.39. The van der Waals surface area contributed by atoms with Gasteiger partial charge in [-0.05, 0) is 24.6 Å². The molecule has 0 amide bonds. The molecule has 4 nitrogen and oxygen atoms in total. The highest BCUT2D eigenvalue weighted by Crippen LogP contribution is 2.14. The quantitative estimate of drug-likeness (QED) is 0.807. The molecule has 2 rings (SSSR count). The standard InChI is InChI=1S/C14H18FN3O/c1-2-13(10-16-9-12-6-7-17-18-12)19-14-5-3-4-11(15)8-14/h3-8,13,16H,2,9-10H2,1H3,(H,17,18)/t13-/m0/s1. The zero-order valence-electron chi connectivity index (χ0n) is 10.9. The van der Waals surface area contributed by atoms with Gasteiger partial charge in [-0.1, -0.05) is 13.0 Å². The van der Waals surface area contributed by atoms with Gasteiger partial charge in [-0.2, -0.15) is 5.10 Å². The Labute approximate surface area is 112 Å². The lowest BCUT2D eigenvalue weighted by molar-refractivity contribution is 0.192. The molecule has 0 aliphatic carbocycles. The highest BCUT2D eigenvalue weighted by Gasteiger charge is 2.08. The lowest BCUT2D eigenvalue weighted by atomic mass is 10.2. The average molecular weight is 263 g/mol. The molecule has 1 atom stereocenters. The van der Waals surface area contributed by atoms with E-state index in [2.05, 4.69) is 15.5 Å². The molecule has 0 saturated heterocycles. The van der Waals surface area contributed by atoms with Gasteiger partial charge in [-0.25, -0.2) is 4.39 Å². The molecule has 0 fully saturated rings. The Morgan fingerprint density at radius 2 is 2.32 bits per heavy atom. The molecule has 1 heterocycles. The third-order valence-corrected chi connectivity index (χ3v) is 2.80. The van der Waals surface area contributed by atoms with E-state index in [9.17, 15) is 4.39 Å². The van der Waals surface area contributed by atoms with Crippen LogP contribution in [-0.2, 0) is 6.54 Å². The summed E-state index contributed by atoms with van der Waals surface area (Å²) >= 11 is 0. The molecular formula is C14H18FN3O. The van der Waals surface area contributed by atoms with Crippen molar-refractivity contribution in [2.24, 2.45) is 0 Å². The summed E-state index contributed by atoms with van der Waals surface area (Å²) in [5.74, 6) is 0.285. The fourth-order valence-electron chi connectivity index (χ4n) is 1.75. The van der Waals surface area contributed by atoms with E-state index in [1.54, 1.807) is 18.3 Å². The lowest BCUT2D eigenvalue weighted by Gasteiger charge is -2.18. The molecule has 1 aromatic carbocycles. The van der Waals surface area contributed by atoms with Crippen LogP contribution < -0.4 is 10.1 Å². The second-order valence-corrected chi connectivity index (χ2v) is 4.32. The van der Waals surface area contributed by atoms with Crippen LogP contribution >= 0.6 is 0 Å². The summed E-state index contributed by atoms with van der Waals surface area (Å²) in [6, 6.07) is 8.14. The van der Waals surface area contributed by atoms with Crippen molar-refractivity contribution in [3.63, 3.8) is 0 Å².